The summed E-state index contributed by atoms with van der Waals surface area (Å²) < 4.78 is 4.68. The van der Waals surface area contributed by atoms with Crippen LogP contribution in [0.25, 0.3) is 0 Å². The molecule has 0 bridgehead atoms. The van der Waals surface area contributed by atoms with Gasteiger partial charge in [-0.1, -0.05) is 5.92 Å². The molecule has 3 unspecified atom stereocenters. The van der Waals surface area contributed by atoms with Crippen LogP contribution in [-0.4, -0.2) is 31.2 Å². The first-order valence-electron chi connectivity index (χ1n) is 5.67. The Bertz CT molecular complexity index is 335. The summed E-state index contributed by atoms with van der Waals surface area (Å²) in [6.45, 7) is 1.73. The summed E-state index contributed by atoms with van der Waals surface area (Å²) in [7, 11) is 1.38. The van der Waals surface area contributed by atoms with Crippen LogP contribution in [0.3, 0.4) is 0 Å². The first-order chi connectivity index (χ1) is 8.06. The number of terminal acetylenes is 1. The molecule has 0 heterocycles. The van der Waals surface area contributed by atoms with Gasteiger partial charge in [0.25, 0.3) is 0 Å². The average Bonchev–Trinajstić information content (AvgIpc) is 2.76. The van der Waals surface area contributed by atoms with Crippen molar-refractivity contribution in [2.75, 3.05) is 7.11 Å². The Hall–Kier alpha value is -1.70. The van der Waals surface area contributed by atoms with E-state index in [2.05, 4.69) is 21.3 Å². The Morgan fingerprint density at radius 1 is 1.47 bits per heavy atom. The molecule has 1 rings (SSSR count). The highest BCUT2D eigenvalue weighted by molar-refractivity contribution is 5.76. The van der Waals surface area contributed by atoms with Crippen LogP contribution in [0.5, 0.6) is 0 Å². The number of ether oxygens (including phenoxy) is 1. The number of rotatable bonds is 3. The molecule has 94 valence electrons. The molecule has 0 saturated heterocycles. The monoisotopic (exact) mass is 238 g/mol. The Morgan fingerprint density at radius 2 is 2.18 bits per heavy atom. The number of carbonyl (C=O) groups excluding carboxylic acids is 2. The van der Waals surface area contributed by atoms with Gasteiger partial charge in [-0.2, -0.15) is 0 Å². The van der Waals surface area contributed by atoms with E-state index in [1.54, 1.807) is 6.92 Å². The molecule has 5 nitrogen and oxygen atoms in total. The number of hydrogen-bond donors (Lipinski definition) is 2. The molecule has 0 spiro atoms. The summed E-state index contributed by atoms with van der Waals surface area (Å²) in [5.41, 5.74) is 0. The van der Waals surface area contributed by atoms with Gasteiger partial charge in [-0.05, 0) is 26.2 Å². The highest BCUT2D eigenvalue weighted by atomic mass is 16.5. The van der Waals surface area contributed by atoms with Gasteiger partial charge in [0.2, 0.25) is 0 Å². The van der Waals surface area contributed by atoms with E-state index in [1.807, 2.05) is 0 Å². The maximum atomic E-state index is 11.5. The Labute approximate surface area is 101 Å². The van der Waals surface area contributed by atoms with Crippen molar-refractivity contribution in [3.8, 4) is 12.3 Å². The van der Waals surface area contributed by atoms with Gasteiger partial charge < -0.3 is 15.4 Å². The predicted octanol–water partition coefficient (Wildman–Crippen LogP) is 0.649. The number of esters is 1. The molecular weight excluding hydrogens is 220 g/mol. The molecule has 0 aromatic rings. The van der Waals surface area contributed by atoms with Crippen molar-refractivity contribution in [2.45, 2.75) is 38.3 Å². The number of urea groups is 1. The van der Waals surface area contributed by atoms with Crippen LogP contribution in [0.2, 0.25) is 0 Å². The fourth-order valence-electron chi connectivity index (χ4n) is 1.96. The Kier molecular flexibility index (Phi) is 4.83. The molecule has 2 N–H and O–H groups in total. The second-order valence-electron chi connectivity index (χ2n) is 4.24. The van der Waals surface area contributed by atoms with Crippen molar-refractivity contribution in [1.82, 2.24) is 10.6 Å². The summed E-state index contributed by atoms with van der Waals surface area (Å²) in [6, 6.07) is -0.567. The van der Waals surface area contributed by atoms with Crippen molar-refractivity contribution < 1.29 is 14.3 Å². The summed E-state index contributed by atoms with van der Waals surface area (Å²) in [4.78, 5) is 22.8. The number of hydrogen-bond acceptors (Lipinski definition) is 3. The number of methoxy groups -OCH3 is 1. The van der Waals surface area contributed by atoms with E-state index in [4.69, 9.17) is 6.42 Å². The number of carbonyl (C=O) groups is 2. The van der Waals surface area contributed by atoms with Crippen LogP contribution in [0, 0.1) is 18.3 Å². The van der Waals surface area contributed by atoms with Crippen LogP contribution < -0.4 is 10.6 Å². The first-order valence-corrected chi connectivity index (χ1v) is 5.67. The van der Waals surface area contributed by atoms with Crippen LogP contribution in [0.4, 0.5) is 4.79 Å². The van der Waals surface area contributed by atoms with Gasteiger partial charge in [0.15, 0.2) is 0 Å². The van der Waals surface area contributed by atoms with Gasteiger partial charge >= 0.3 is 12.0 Å². The molecule has 1 fully saturated rings. The van der Waals surface area contributed by atoms with Gasteiger partial charge in [0.1, 0.15) is 0 Å². The van der Waals surface area contributed by atoms with E-state index in [9.17, 15) is 9.59 Å². The third-order valence-corrected chi connectivity index (χ3v) is 2.90. The standard InChI is InChI=1S/C12H18N2O3/c1-4-8(2)13-12(16)14-10-6-5-9(7-10)11(15)17-3/h1,8-10H,5-7H2,2-3H3,(H2,13,14,16). The molecule has 0 aliphatic heterocycles. The van der Waals surface area contributed by atoms with Crippen LogP contribution >= 0.6 is 0 Å². The highest BCUT2D eigenvalue weighted by Gasteiger charge is 2.31. The lowest BCUT2D eigenvalue weighted by Crippen LogP contribution is -2.44. The molecule has 3 atom stereocenters. The quantitative estimate of drug-likeness (QED) is 0.560. The highest BCUT2D eigenvalue weighted by Crippen LogP contribution is 2.26. The van der Waals surface area contributed by atoms with Gasteiger partial charge in [-0.15, -0.1) is 6.42 Å². The zero-order valence-electron chi connectivity index (χ0n) is 10.2. The largest absolute Gasteiger partial charge is 0.469 e. The molecule has 0 radical (unpaired) electrons. The second kappa shape index (κ2) is 6.14. The van der Waals surface area contributed by atoms with E-state index >= 15 is 0 Å². The van der Waals surface area contributed by atoms with Crippen LogP contribution in [0.15, 0.2) is 0 Å². The van der Waals surface area contributed by atoms with E-state index in [-0.39, 0.29) is 30.0 Å². The van der Waals surface area contributed by atoms with E-state index < -0.39 is 0 Å². The fourth-order valence-corrected chi connectivity index (χ4v) is 1.96. The molecule has 2 amide bonds. The minimum absolute atomic E-state index is 0.0177. The van der Waals surface area contributed by atoms with Gasteiger partial charge in [0, 0.05) is 6.04 Å². The van der Waals surface area contributed by atoms with Crippen LogP contribution in [0.1, 0.15) is 26.2 Å². The number of nitrogens with one attached hydrogen (secondary N) is 2. The maximum absolute atomic E-state index is 11.5. The molecule has 0 aromatic heterocycles. The minimum atomic E-state index is -0.298. The average molecular weight is 238 g/mol. The van der Waals surface area contributed by atoms with Crippen molar-refractivity contribution in [1.29, 1.82) is 0 Å². The predicted molar refractivity (Wildman–Crippen MR) is 63.1 cm³/mol. The molecule has 1 aliphatic carbocycles. The first kappa shape index (κ1) is 13.4. The molecule has 17 heavy (non-hydrogen) atoms. The fraction of sp³-hybridized carbons (Fsp3) is 0.667. The second-order valence-corrected chi connectivity index (χ2v) is 4.24. The van der Waals surface area contributed by atoms with Crippen molar-refractivity contribution in [3.63, 3.8) is 0 Å². The van der Waals surface area contributed by atoms with E-state index in [1.165, 1.54) is 7.11 Å². The summed E-state index contributed by atoms with van der Waals surface area (Å²) in [6.07, 6.45) is 7.33. The summed E-state index contributed by atoms with van der Waals surface area (Å²) in [5, 5.41) is 5.41. The maximum Gasteiger partial charge on any atom is 0.315 e. The molecule has 1 saturated carbocycles. The molecule has 0 aromatic carbocycles. The van der Waals surface area contributed by atoms with E-state index in [0.717, 1.165) is 12.8 Å². The Morgan fingerprint density at radius 3 is 2.76 bits per heavy atom. The lowest BCUT2D eigenvalue weighted by molar-refractivity contribution is -0.145. The van der Waals surface area contributed by atoms with Gasteiger partial charge in [-0.25, -0.2) is 4.79 Å². The van der Waals surface area contributed by atoms with Crippen molar-refractivity contribution in [3.05, 3.63) is 0 Å². The van der Waals surface area contributed by atoms with E-state index in [0.29, 0.717) is 6.42 Å². The minimum Gasteiger partial charge on any atom is -0.469 e. The molecular formula is C12H18N2O3. The summed E-state index contributed by atoms with van der Waals surface area (Å²) in [5.74, 6) is 2.11. The van der Waals surface area contributed by atoms with Gasteiger partial charge in [0.05, 0.1) is 19.1 Å². The van der Waals surface area contributed by atoms with Crippen LogP contribution in [-0.2, 0) is 9.53 Å². The topological polar surface area (TPSA) is 67.4 Å². The van der Waals surface area contributed by atoms with Crippen molar-refractivity contribution in [2.24, 2.45) is 5.92 Å². The zero-order chi connectivity index (χ0) is 12.8. The number of amides is 2. The van der Waals surface area contributed by atoms with Crippen molar-refractivity contribution >= 4 is 12.0 Å². The lowest BCUT2D eigenvalue weighted by Gasteiger charge is -2.15. The lowest BCUT2D eigenvalue weighted by atomic mass is 10.1. The normalized spacial score (nSPS) is 24.5. The summed E-state index contributed by atoms with van der Waals surface area (Å²) >= 11 is 0. The zero-order valence-corrected chi connectivity index (χ0v) is 10.2. The third-order valence-electron chi connectivity index (χ3n) is 2.90. The Balaban J connectivity index is 2.33. The van der Waals surface area contributed by atoms with Gasteiger partial charge in [-0.3, -0.25) is 4.79 Å². The third kappa shape index (κ3) is 3.99. The molecule has 1 aliphatic rings. The smallest absolute Gasteiger partial charge is 0.315 e. The molecule has 5 heteroatoms. The SMILES string of the molecule is C#CC(C)NC(=O)NC1CCC(C(=O)OC)C1.